The second-order valence-corrected chi connectivity index (χ2v) is 8.47. The molecule has 1 aliphatic rings. The summed E-state index contributed by atoms with van der Waals surface area (Å²) in [7, 11) is 0. The van der Waals surface area contributed by atoms with Crippen molar-refractivity contribution < 1.29 is 33.3 Å². The Morgan fingerprint density at radius 2 is 1.91 bits per heavy atom. The number of carbonyl (C=O) groups is 1. The van der Waals surface area contributed by atoms with Crippen LogP contribution < -0.4 is 4.74 Å². The first-order valence-electron chi connectivity index (χ1n) is 11.1. The molecule has 1 aliphatic carbocycles. The van der Waals surface area contributed by atoms with Crippen molar-refractivity contribution in [3.05, 3.63) is 54.6 Å². The predicted molar refractivity (Wildman–Crippen MR) is 118 cm³/mol. The van der Waals surface area contributed by atoms with Crippen LogP contribution in [-0.4, -0.2) is 47.0 Å². The maximum absolute atomic E-state index is 14.2. The van der Waals surface area contributed by atoms with E-state index < -0.39 is 30.7 Å². The van der Waals surface area contributed by atoms with Crippen molar-refractivity contribution in [1.82, 2.24) is 0 Å². The lowest BCUT2D eigenvalue weighted by atomic mass is 9.89. The van der Waals surface area contributed by atoms with Crippen LogP contribution in [-0.2, 0) is 9.53 Å². The molecule has 0 radical (unpaired) electrons. The summed E-state index contributed by atoms with van der Waals surface area (Å²) >= 11 is 0. The van der Waals surface area contributed by atoms with Crippen molar-refractivity contribution in [1.29, 1.82) is 0 Å². The highest BCUT2D eigenvalue weighted by Crippen LogP contribution is 2.37. The summed E-state index contributed by atoms with van der Waals surface area (Å²) in [6.45, 7) is 2.80. The van der Waals surface area contributed by atoms with Crippen LogP contribution >= 0.6 is 0 Å². The molecule has 32 heavy (non-hydrogen) atoms. The van der Waals surface area contributed by atoms with E-state index in [0.29, 0.717) is 31.4 Å². The quantitative estimate of drug-likeness (QED) is 0.274. The molecule has 0 aliphatic heterocycles. The molecule has 1 aromatic carbocycles. The lowest BCUT2D eigenvalue weighted by Gasteiger charge is -2.20. The number of carbonyl (C=O) groups excluding carboxylic acids is 1. The first kappa shape index (κ1) is 26.0. The fourth-order valence-electron chi connectivity index (χ4n) is 3.76. The third kappa shape index (κ3) is 9.09. The summed E-state index contributed by atoms with van der Waals surface area (Å²) in [5, 5.41) is 20.5. The number of hydrogen-bond acceptors (Lipinski definition) is 5. The van der Waals surface area contributed by atoms with Gasteiger partial charge in [-0.3, -0.25) is 4.79 Å². The Kier molecular flexibility index (Phi) is 10.3. The van der Waals surface area contributed by atoms with E-state index in [4.69, 9.17) is 9.47 Å². The van der Waals surface area contributed by atoms with Crippen LogP contribution in [0.5, 0.6) is 5.75 Å². The number of allylic oxidation sites excluding steroid dienone is 2. The van der Waals surface area contributed by atoms with E-state index in [9.17, 15) is 23.8 Å². The number of ether oxygens (including phenoxy) is 2. The van der Waals surface area contributed by atoms with E-state index in [1.165, 1.54) is 6.08 Å². The molecule has 7 heteroatoms. The minimum absolute atomic E-state index is 0.129. The van der Waals surface area contributed by atoms with Gasteiger partial charge >= 0.3 is 5.97 Å². The summed E-state index contributed by atoms with van der Waals surface area (Å²) in [4.78, 5) is 11.5. The van der Waals surface area contributed by atoms with Crippen LogP contribution in [0.1, 0.15) is 46.0 Å². The number of halogens is 2. The monoisotopic (exact) mass is 452 g/mol. The van der Waals surface area contributed by atoms with Crippen molar-refractivity contribution in [2.24, 2.45) is 11.8 Å². The summed E-state index contributed by atoms with van der Waals surface area (Å²) in [5.74, 6) is -4.00. The molecule has 4 atom stereocenters. The first-order valence-corrected chi connectivity index (χ1v) is 11.1. The molecule has 0 saturated heterocycles. The van der Waals surface area contributed by atoms with Crippen LogP contribution in [0.3, 0.4) is 0 Å². The molecular weight excluding hydrogens is 418 g/mol. The number of aliphatic hydroxyl groups is 2. The van der Waals surface area contributed by atoms with Crippen LogP contribution in [0.4, 0.5) is 8.78 Å². The molecule has 0 amide bonds. The van der Waals surface area contributed by atoms with Gasteiger partial charge in [0.2, 0.25) is 0 Å². The Hall–Kier alpha value is -2.25. The summed E-state index contributed by atoms with van der Waals surface area (Å²) in [5.41, 5.74) is 0. The highest BCUT2D eigenvalue weighted by Gasteiger charge is 2.40. The van der Waals surface area contributed by atoms with Crippen molar-refractivity contribution in [2.75, 3.05) is 6.61 Å². The van der Waals surface area contributed by atoms with Crippen LogP contribution in [0.15, 0.2) is 54.6 Å². The van der Waals surface area contributed by atoms with E-state index in [1.807, 2.05) is 12.2 Å². The van der Waals surface area contributed by atoms with Gasteiger partial charge in [0.1, 0.15) is 5.75 Å². The molecule has 2 N–H and O–H groups in total. The minimum atomic E-state index is -3.20. The number of hydrogen-bond donors (Lipinski definition) is 2. The topological polar surface area (TPSA) is 76.0 Å². The van der Waals surface area contributed by atoms with Crippen LogP contribution in [0, 0.1) is 11.8 Å². The van der Waals surface area contributed by atoms with Crippen molar-refractivity contribution in [2.45, 2.75) is 70.2 Å². The molecule has 2 rings (SSSR count). The van der Waals surface area contributed by atoms with Crippen molar-refractivity contribution in [3.8, 4) is 5.75 Å². The molecule has 0 unspecified atom stereocenters. The first-order chi connectivity index (χ1) is 15.2. The minimum Gasteiger partial charge on any atom is -0.487 e. The van der Waals surface area contributed by atoms with Gasteiger partial charge in [-0.15, -0.1) is 0 Å². The van der Waals surface area contributed by atoms with Crippen LogP contribution in [0.25, 0.3) is 0 Å². The summed E-state index contributed by atoms with van der Waals surface area (Å²) in [6, 6.07) is 8.39. The zero-order chi connectivity index (χ0) is 23.6. The number of esters is 1. The van der Waals surface area contributed by atoms with Crippen LogP contribution in [0.2, 0.25) is 0 Å². The Bertz CT molecular complexity index is 748. The molecule has 1 aromatic rings. The average Bonchev–Trinajstić information content (AvgIpc) is 3.00. The molecule has 0 heterocycles. The largest absolute Gasteiger partial charge is 0.487 e. The van der Waals surface area contributed by atoms with Gasteiger partial charge in [0, 0.05) is 18.8 Å². The Balaban J connectivity index is 1.83. The molecular formula is C25H34F2O5. The van der Waals surface area contributed by atoms with E-state index in [0.717, 1.165) is 6.08 Å². The number of unbranched alkanes of at least 4 members (excludes halogenated alkanes) is 1. The summed E-state index contributed by atoms with van der Waals surface area (Å²) < 4.78 is 38.7. The maximum Gasteiger partial charge on any atom is 0.306 e. The Morgan fingerprint density at radius 3 is 2.59 bits per heavy atom. The third-order valence-corrected chi connectivity index (χ3v) is 5.35. The van der Waals surface area contributed by atoms with Gasteiger partial charge in [-0.1, -0.05) is 36.4 Å². The maximum atomic E-state index is 14.2. The number of benzene rings is 1. The predicted octanol–water partition coefficient (Wildman–Crippen LogP) is 4.68. The zero-order valence-corrected chi connectivity index (χ0v) is 18.7. The number of rotatable bonds is 12. The standard InChI is InChI=1S/C25H34F2O5/c1-18(2)32-24(30)13-9-4-3-8-12-20-21(23(29)16-22(20)28)14-15-25(26,27)17-31-19-10-6-5-7-11-19/h3,5-8,10-11,14-15,18,20-23,28-29H,4,9,12-13,16-17H2,1-2H3/b8-3+,15-14+/t20-,21-,22+,23-/m0/s1. The fourth-order valence-corrected chi connectivity index (χ4v) is 3.76. The number of aliphatic hydroxyl groups excluding tert-OH is 2. The molecule has 178 valence electrons. The molecule has 0 bridgehead atoms. The lowest BCUT2D eigenvalue weighted by Crippen LogP contribution is -2.25. The number of alkyl halides is 2. The smallest absolute Gasteiger partial charge is 0.306 e. The Morgan fingerprint density at radius 1 is 1.19 bits per heavy atom. The second-order valence-electron chi connectivity index (χ2n) is 8.47. The van der Waals surface area contributed by atoms with Crippen molar-refractivity contribution in [3.63, 3.8) is 0 Å². The Labute approximate surface area is 188 Å². The van der Waals surface area contributed by atoms with E-state index >= 15 is 0 Å². The van der Waals surface area contributed by atoms with Gasteiger partial charge in [-0.2, -0.15) is 8.78 Å². The van der Waals surface area contributed by atoms with E-state index in [1.54, 1.807) is 44.2 Å². The lowest BCUT2D eigenvalue weighted by molar-refractivity contribution is -0.147. The van der Waals surface area contributed by atoms with E-state index in [2.05, 4.69) is 0 Å². The normalized spacial score (nSPS) is 24.0. The highest BCUT2D eigenvalue weighted by molar-refractivity contribution is 5.69. The molecule has 0 aromatic heterocycles. The molecule has 1 fully saturated rings. The van der Waals surface area contributed by atoms with Gasteiger partial charge in [-0.25, -0.2) is 0 Å². The third-order valence-electron chi connectivity index (χ3n) is 5.35. The average molecular weight is 453 g/mol. The molecule has 5 nitrogen and oxygen atoms in total. The zero-order valence-electron chi connectivity index (χ0n) is 18.7. The molecule has 1 saturated carbocycles. The SMILES string of the molecule is CC(C)OC(=O)CCC/C=C/C[C@H]1[C@H](/C=C/C(F)(F)COc2ccccc2)[C@@H](O)C[C@H]1O. The van der Waals surface area contributed by atoms with Gasteiger partial charge in [-0.05, 0) is 57.2 Å². The van der Waals surface area contributed by atoms with Gasteiger partial charge in [0.05, 0.1) is 18.3 Å². The molecule has 0 spiro atoms. The van der Waals surface area contributed by atoms with Gasteiger partial charge in [0.25, 0.3) is 5.92 Å². The van der Waals surface area contributed by atoms with Crippen molar-refractivity contribution >= 4 is 5.97 Å². The fraction of sp³-hybridized carbons (Fsp3) is 0.560. The van der Waals surface area contributed by atoms with Gasteiger partial charge in [0.15, 0.2) is 6.61 Å². The number of para-hydroxylation sites is 1. The summed E-state index contributed by atoms with van der Waals surface area (Å²) in [6.07, 6.45) is 6.33. The second kappa shape index (κ2) is 12.7. The highest BCUT2D eigenvalue weighted by atomic mass is 19.3. The van der Waals surface area contributed by atoms with E-state index in [-0.39, 0.29) is 24.4 Å². The van der Waals surface area contributed by atoms with Gasteiger partial charge < -0.3 is 19.7 Å².